The van der Waals surface area contributed by atoms with Gasteiger partial charge in [-0.1, -0.05) is 72.3 Å². The van der Waals surface area contributed by atoms with Crippen LogP contribution in [0.2, 0.25) is 0 Å². The van der Waals surface area contributed by atoms with E-state index in [4.69, 9.17) is 4.74 Å². The highest BCUT2D eigenvalue weighted by atomic mass is 19.1. The van der Waals surface area contributed by atoms with E-state index in [0.717, 1.165) is 22.3 Å². The Bertz CT molecular complexity index is 1320. The van der Waals surface area contributed by atoms with Gasteiger partial charge in [-0.15, -0.1) is 0 Å². The zero-order chi connectivity index (χ0) is 25.8. The summed E-state index contributed by atoms with van der Waals surface area (Å²) in [4.78, 5) is 15.2. The predicted octanol–water partition coefficient (Wildman–Crippen LogP) is 7.72. The fourth-order valence-corrected chi connectivity index (χ4v) is 4.99. The topological polar surface area (TPSA) is 29.5 Å². The van der Waals surface area contributed by atoms with Crippen LogP contribution in [-0.2, 0) is 16.1 Å². The number of rotatable bonds is 9. The molecular weight excluding hydrogens is 468 g/mol. The van der Waals surface area contributed by atoms with Crippen molar-refractivity contribution in [2.75, 3.05) is 4.90 Å². The van der Waals surface area contributed by atoms with Gasteiger partial charge in [0.2, 0.25) is 5.91 Å². The third-order valence-corrected chi connectivity index (χ3v) is 7.01. The molecule has 3 nitrogen and oxygen atoms in total. The Labute approximate surface area is 216 Å². The van der Waals surface area contributed by atoms with E-state index in [-0.39, 0.29) is 35.6 Å². The van der Waals surface area contributed by atoms with Gasteiger partial charge >= 0.3 is 0 Å². The summed E-state index contributed by atoms with van der Waals surface area (Å²) >= 11 is 0. The summed E-state index contributed by atoms with van der Waals surface area (Å²) in [5.41, 5.74) is 4.80. The minimum absolute atomic E-state index is 0.0121. The van der Waals surface area contributed by atoms with E-state index in [1.165, 1.54) is 24.3 Å². The van der Waals surface area contributed by atoms with Gasteiger partial charge < -0.3 is 9.64 Å². The molecule has 3 atom stereocenters. The molecule has 0 N–H and O–H groups in total. The highest BCUT2D eigenvalue weighted by Gasteiger charge is 2.48. The van der Waals surface area contributed by atoms with Crippen LogP contribution in [0.3, 0.4) is 0 Å². The second-order valence-corrected chi connectivity index (χ2v) is 9.56. The Balaban J connectivity index is 1.37. The fraction of sp³-hybridized carbons (Fsp3) is 0.219. The Morgan fingerprint density at radius 1 is 0.811 bits per heavy atom. The van der Waals surface area contributed by atoms with Crippen molar-refractivity contribution in [3.05, 3.63) is 137 Å². The molecule has 0 aliphatic carbocycles. The first-order chi connectivity index (χ1) is 18.0. The van der Waals surface area contributed by atoms with Crippen LogP contribution in [-0.4, -0.2) is 5.91 Å². The molecule has 0 spiro atoms. The van der Waals surface area contributed by atoms with Crippen molar-refractivity contribution in [2.45, 2.75) is 38.5 Å². The lowest BCUT2D eigenvalue weighted by Gasteiger charge is -2.48. The average molecular weight is 498 g/mol. The standard InChI is InChI=1S/C32H29F2NO2/c1-22-7-9-25(10-8-22)31-29(32(36)35(31)28-17-15-27(34)16-18-28)19-20-30(24-11-13-26(33)14-12-24)37-21-23-5-3-2-4-6-23/h2-18,29-31H,19-21H2,1H3/t29?,30-,31+/m0/s1. The summed E-state index contributed by atoms with van der Waals surface area (Å²) in [6.45, 7) is 2.45. The highest BCUT2D eigenvalue weighted by Crippen LogP contribution is 2.46. The molecule has 4 aromatic rings. The number of benzene rings is 4. The molecule has 5 rings (SSSR count). The number of ether oxygens (including phenoxy) is 1. The minimum Gasteiger partial charge on any atom is -0.369 e. The summed E-state index contributed by atoms with van der Waals surface area (Å²) in [5.74, 6) is -0.860. The van der Waals surface area contributed by atoms with Crippen LogP contribution >= 0.6 is 0 Å². The van der Waals surface area contributed by atoms with Crippen LogP contribution in [0.25, 0.3) is 0 Å². The molecule has 5 heteroatoms. The summed E-state index contributed by atoms with van der Waals surface area (Å²) in [6.07, 6.45) is 0.924. The maximum absolute atomic E-state index is 13.6. The van der Waals surface area contributed by atoms with E-state index < -0.39 is 0 Å². The lowest BCUT2D eigenvalue weighted by Crippen LogP contribution is -2.55. The van der Waals surface area contributed by atoms with Crippen LogP contribution in [0.1, 0.15) is 47.2 Å². The van der Waals surface area contributed by atoms with E-state index in [2.05, 4.69) is 12.1 Å². The van der Waals surface area contributed by atoms with Gasteiger partial charge in [0.05, 0.1) is 24.7 Å². The summed E-state index contributed by atoms with van der Waals surface area (Å²) in [5, 5.41) is 0. The number of nitrogens with zero attached hydrogens (tertiary/aromatic N) is 1. The average Bonchev–Trinajstić information content (AvgIpc) is 2.92. The molecule has 1 saturated heterocycles. The molecule has 0 radical (unpaired) electrons. The number of carbonyl (C=O) groups is 1. The smallest absolute Gasteiger partial charge is 0.233 e. The van der Waals surface area contributed by atoms with Crippen molar-refractivity contribution in [1.82, 2.24) is 0 Å². The van der Waals surface area contributed by atoms with Gasteiger partial charge in [-0.3, -0.25) is 4.79 Å². The van der Waals surface area contributed by atoms with Crippen LogP contribution in [0.5, 0.6) is 0 Å². The van der Waals surface area contributed by atoms with Crippen molar-refractivity contribution in [1.29, 1.82) is 0 Å². The lowest BCUT2D eigenvalue weighted by molar-refractivity contribution is -0.131. The van der Waals surface area contributed by atoms with Crippen LogP contribution < -0.4 is 4.90 Å². The molecule has 1 unspecified atom stereocenters. The van der Waals surface area contributed by atoms with Crippen LogP contribution in [0.4, 0.5) is 14.5 Å². The minimum atomic E-state index is -0.335. The number of hydrogen-bond acceptors (Lipinski definition) is 2. The molecule has 1 aliphatic rings. The Kier molecular flexibility index (Phi) is 7.42. The lowest BCUT2D eigenvalue weighted by atomic mass is 9.78. The molecule has 1 amide bonds. The number of halogens is 2. The molecule has 0 saturated carbocycles. The maximum atomic E-state index is 13.6. The van der Waals surface area contributed by atoms with Crippen molar-refractivity contribution in [3.8, 4) is 0 Å². The van der Waals surface area contributed by atoms with E-state index in [1.54, 1.807) is 29.2 Å². The van der Waals surface area contributed by atoms with Crippen LogP contribution in [0, 0.1) is 24.5 Å². The quantitative estimate of drug-likeness (QED) is 0.222. The Hall–Kier alpha value is -3.83. The van der Waals surface area contributed by atoms with E-state index >= 15 is 0 Å². The highest BCUT2D eigenvalue weighted by molar-refractivity contribution is 6.03. The first-order valence-corrected chi connectivity index (χ1v) is 12.6. The van der Waals surface area contributed by atoms with Gasteiger partial charge in [0, 0.05) is 5.69 Å². The summed E-state index contributed by atoms with van der Waals surface area (Å²) in [7, 11) is 0. The third kappa shape index (κ3) is 5.62. The Morgan fingerprint density at radius 3 is 2.08 bits per heavy atom. The number of amides is 1. The first-order valence-electron chi connectivity index (χ1n) is 12.6. The van der Waals surface area contributed by atoms with Crippen molar-refractivity contribution in [3.63, 3.8) is 0 Å². The number of carbonyl (C=O) groups excluding carboxylic acids is 1. The molecule has 1 aliphatic heterocycles. The largest absolute Gasteiger partial charge is 0.369 e. The molecule has 1 fully saturated rings. The van der Waals surface area contributed by atoms with Crippen molar-refractivity contribution in [2.24, 2.45) is 5.92 Å². The summed E-state index contributed by atoms with van der Waals surface area (Å²) in [6, 6.07) is 30.4. The van der Waals surface area contributed by atoms with Gasteiger partial charge in [-0.05, 0) is 72.9 Å². The second kappa shape index (κ2) is 11.1. The third-order valence-electron chi connectivity index (χ3n) is 7.01. The van der Waals surface area contributed by atoms with Crippen molar-refractivity contribution < 1.29 is 18.3 Å². The zero-order valence-corrected chi connectivity index (χ0v) is 20.7. The predicted molar refractivity (Wildman–Crippen MR) is 141 cm³/mol. The molecule has 0 bridgehead atoms. The monoisotopic (exact) mass is 497 g/mol. The molecular formula is C32H29F2NO2. The molecule has 0 aromatic heterocycles. The van der Waals surface area contributed by atoms with Gasteiger partial charge in [0.1, 0.15) is 11.6 Å². The Morgan fingerprint density at radius 2 is 1.43 bits per heavy atom. The van der Waals surface area contributed by atoms with Crippen LogP contribution in [0.15, 0.2) is 103 Å². The maximum Gasteiger partial charge on any atom is 0.233 e. The summed E-state index contributed by atoms with van der Waals surface area (Å²) < 4.78 is 33.5. The number of hydrogen-bond donors (Lipinski definition) is 0. The molecule has 1 heterocycles. The molecule has 188 valence electrons. The number of aryl methyl sites for hydroxylation is 1. The van der Waals surface area contributed by atoms with Gasteiger partial charge in [0.25, 0.3) is 0 Å². The van der Waals surface area contributed by atoms with Gasteiger partial charge in [0.15, 0.2) is 0 Å². The number of anilines is 1. The van der Waals surface area contributed by atoms with Gasteiger partial charge in [-0.2, -0.15) is 0 Å². The van der Waals surface area contributed by atoms with Gasteiger partial charge in [-0.25, -0.2) is 8.78 Å². The zero-order valence-electron chi connectivity index (χ0n) is 20.7. The number of β-lactam (4-membered cyclic amide) rings is 1. The van der Waals surface area contributed by atoms with E-state index in [9.17, 15) is 13.6 Å². The second-order valence-electron chi connectivity index (χ2n) is 9.56. The molecule has 37 heavy (non-hydrogen) atoms. The van der Waals surface area contributed by atoms with E-state index in [1.807, 2.05) is 49.4 Å². The SMILES string of the molecule is Cc1ccc([C@@H]2C(CC[C@H](OCc3ccccc3)c3ccc(F)cc3)C(=O)N2c2ccc(F)cc2)cc1. The fourth-order valence-electron chi connectivity index (χ4n) is 4.99. The molecule has 4 aromatic carbocycles. The first kappa shape index (κ1) is 24.8. The van der Waals surface area contributed by atoms with Crippen molar-refractivity contribution >= 4 is 11.6 Å². The van der Waals surface area contributed by atoms with E-state index in [0.29, 0.717) is 25.1 Å². The normalized spacial score (nSPS) is 17.9.